The molecule has 1 aromatic rings. The molecular weight excluding hydrogens is 377 g/mol. The van der Waals surface area contributed by atoms with Crippen LogP contribution in [0.15, 0.2) is 24.3 Å². The average molecular weight is 396 g/mol. The highest BCUT2D eigenvalue weighted by atomic mass is 19.4. The quantitative estimate of drug-likeness (QED) is 0.800. The van der Waals surface area contributed by atoms with Crippen molar-refractivity contribution in [3.63, 3.8) is 0 Å². The van der Waals surface area contributed by atoms with Crippen LogP contribution in [0.1, 0.15) is 24.8 Å². The zero-order chi connectivity index (χ0) is 20.1. The van der Waals surface area contributed by atoms with Crippen LogP contribution in [0.25, 0.3) is 0 Å². The minimum Gasteiger partial charge on any atom is -0.333 e. The molecule has 0 unspecified atom stereocenters. The van der Waals surface area contributed by atoms with E-state index >= 15 is 0 Å². The highest BCUT2D eigenvalue weighted by molar-refractivity contribution is 5.98. The van der Waals surface area contributed by atoms with Crippen molar-refractivity contribution in [3.8, 4) is 0 Å². The Bertz CT molecular complexity index is 781. The maximum atomic E-state index is 12.6. The summed E-state index contributed by atoms with van der Waals surface area (Å²) in [5.74, 6) is -0.149. The fourth-order valence-corrected chi connectivity index (χ4v) is 4.18. The molecule has 7 nitrogen and oxygen atoms in total. The lowest BCUT2D eigenvalue weighted by molar-refractivity contribution is -0.156. The van der Waals surface area contributed by atoms with Crippen molar-refractivity contribution in [3.05, 3.63) is 29.8 Å². The number of hydrogen-bond acceptors (Lipinski definition) is 3. The number of rotatable bonds is 2. The number of urea groups is 1. The lowest BCUT2D eigenvalue weighted by atomic mass is 10.1. The summed E-state index contributed by atoms with van der Waals surface area (Å²) in [5.41, 5.74) is -0.585. The van der Waals surface area contributed by atoms with E-state index < -0.39 is 29.9 Å². The summed E-state index contributed by atoms with van der Waals surface area (Å²) in [6.45, 7) is 0.839. The molecule has 3 fully saturated rings. The number of alkyl halides is 3. The van der Waals surface area contributed by atoms with Gasteiger partial charge in [-0.2, -0.15) is 13.2 Å². The summed E-state index contributed by atoms with van der Waals surface area (Å²) in [7, 11) is 0. The smallest absolute Gasteiger partial charge is 0.333 e. The summed E-state index contributed by atoms with van der Waals surface area (Å²) in [6, 6.07) is 2.18. The molecule has 4 amide bonds. The van der Waals surface area contributed by atoms with Crippen LogP contribution in [-0.4, -0.2) is 58.9 Å². The van der Waals surface area contributed by atoms with Crippen LogP contribution in [0.3, 0.4) is 0 Å². The lowest BCUT2D eigenvalue weighted by Gasteiger charge is -2.38. The molecule has 0 aromatic heterocycles. The van der Waals surface area contributed by atoms with Gasteiger partial charge in [0.25, 0.3) is 0 Å². The molecule has 3 atom stereocenters. The van der Waals surface area contributed by atoms with Gasteiger partial charge in [-0.1, -0.05) is 0 Å². The van der Waals surface area contributed by atoms with Crippen molar-refractivity contribution in [1.82, 2.24) is 15.1 Å². The number of fused-ring (bicyclic) bond motifs is 2. The van der Waals surface area contributed by atoms with E-state index in [0.29, 0.717) is 19.4 Å². The van der Waals surface area contributed by atoms with Crippen molar-refractivity contribution >= 4 is 23.5 Å². The van der Waals surface area contributed by atoms with Crippen LogP contribution in [-0.2, 0) is 15.8 Å². The van der Waals surface area contributed by atoms with Crippen LogP contribution in [0.5, 0.6) is 0 Å². The molecule has 0 radical (unpaired) electrons. The molecule has 1 aromatic carbocycles. The zero-order valence-electron chi connectivity index (χ0n) is 14.8. The lowest BCUT2D eigenvalue weighted by Crippen LogP contribution is -2.60. The third-order valence-electron chi connectivity index (χ3n) is 5.50. The summed E-state index contributed by atoms with van der Waals surface area (Å²) in [5, 5.41) is 5.17. The van der Waals surface area contributed by atoms with E-state index in [2.05, 4.69) is 10.6 Å². The molecule has 0 spiro atoms. The summed E-state index contributed by atoms with van der Waals surface area (Å²) in [6.07, 6.45) is -2.63. The highest BCUT2D eigenvalue weighted by Gasteiger charge is 2.51. The molecular formula is C18H19F3N4O3. The van der Waals surface area contributed by atoms with Crippen molar-refractivity contribution in [2.45, 2.75) is 43.6 Å². The van der Waals surface area contributed by atoms with Gasteiger partial charge in [-0.05, 0) is 43.5 Å². The van der Waals surface area contributed by atoms with Gasteiger partial charge in [0.15, 0.2) is 0 Å². The molecule has 4 rings (SSSR count). The maximum absolute atomic E-state index is 12.6. The molecule has 3 saturated heterocycles. The number of carbonyl (C=O) groups is 3. The number of halogens is 3. The SMILES string of the molecule is O=C(Nc1ccc(C(F)(F)F)cc1)N[C@H]1C[C@H]2C(=O)N3CCC[C@H]3C(=O)N2C1. The van der Waals surface area contributed by atoms with Crippen molar-refractivity contribution in [2.24, 2.45) is 0 Å². The minimum atomic E-state index is -4.44. The first-order chi connectivity index (χ1) is 13.2. The first-order valence-electron chi connectivity index (χ1n) is 9.10. The monoisotopic (exact) mass is 396 g/mol. The van der Waals surface area contributed by atoms with Gasteiger partial charge in [-0.15, -0.1) is 0 Å². The largest absolute Gasteiger partial charge is 0.416 e. The first-order valence-corrected chi connectivity index (χ1v) is 9.10. The first kappa shape index (κ1) is 18.6. The average Bonchev–Trinajstić information content (AvgIpc) is 3.27. The third-order valence-corrected chi connectivity index (χ3v) is 5.50. The highest BCUT2D eigenvalue weighted by Crippen LogP contribution is 2.32. The summed E-state index contributed by atoms with van der Waals surface area (Å²) >= 11 is 0. The number of carbonyl (C=O) groups excluding carboxylic acids is 3. The molecule has 150 valence electrons. The van der Waals surface area contributed by atoms with Crippen molar-refractivity contribution in [1.29, 1.82) is 0 Å². The Balaban J connectivity index is 1.36. The molecule has 3 aliphatic rings. The summed E-state index contributed by atoms with van der Waals surface area (Å²) in [4.78, 5) is 40.5. The predicted molar refractivity (Wildman–Crippen MR) is 92.2 cm³/mol. The minimum absolute atomic E-state index is 0.0745. The van der Waals surface area contributed by atoms with Crippen LogP contribution in [0.2, 0.25) is 0 Å². The molecule has 2 N–H and O–H groups in total. The number of nitrogens with one attached hydrogen (secondary N) is 2. The van der Waals surface area contributed by atoms with Gasteiger partial charge in [-0.3, -0.25) is 9.59 Å². The number of nitrogens with zero attached hydrogens (tertiary/aromatic N) is 2. The molecule has 10 heteroatoms. The van der Waals surface area contributed by atoms with E-state index in [1.54, 1.807) is 4.90 Å². The van der Waals surface area contributed by atoms with Crippen molar-refractivity contribution in [2.75, 3.05) is 18.4 Å². The van der Waals surface area contributed by atoms with Crippen LogP contribution in [0, 0.1) is 0 Å². The van der Waals surface area contributed by atoms with Crippen molar-refractivity contribution < 1.29 is 27.6 Å². The normalized spacial score (nSPS) is 26.9. The Morgan fingerprint density at radius 3 is 2.39 bits per heavy atom. The molecule has 28 heavy (non-hydrogen) atoms. The van der Waals surface area contributed by atoms with Crippen LogP contribution in [0.4, 0.5) is 23.7 Å². The topological polar surface area (TPSA) is 81.8 Å². The fraction of sp³-hybridized carbons (Fsp3) is 0.500. The number of benzene rings is 1. The predicted octanol–water partition coefficient (Wildman–Crippen LogP) is 1.80. The van der Waals surface area contributed by atoms with Gasteiger partial charge < -0.3 is 20.4 Å². The van der Waals surface area contributed by atoms with Gasteiger partial charge in [0, 0.05) is 18.8 Å². The molecule has 0 aliphatic carbocycles. The number of amides is 4. The van der Waals surface area contributed by atoms with E-state index in [-0.39, 0.29) is 30.1 Å². The Morgan fingerprint density at radius 1 is 1.04 bits per heavy atom. The molecule has 0 saturated carbocycles. The van der Waals surface area contributed by atoms with E-state index in [1.807, 2.05) is 0 Å². The Labute approximate surface area is 158 Å². The van der Waals surface area contributed by atoms with Gasteiger partial charge >= 0.3 is 12.2 Å². The van der Waals surface area contributed by atoms with Gasteiger partial charge in [-0.25, -0.2) is 4.79 Å². The van der Waals surface area contributed by atoms with Gasteiger partial charge in [0.2, 0.25) is 11.8 Å². The third kappa shape index (κ3) is 3.27. The Morgan fingerprint density at radius 2 is 1.71 bits per heavy atom. The number of hydrogen-bond donors (Lipinski definition) is 2. The van der Waals surface area contributed by atoms with E-state index in [4.69, 9.17) is 0 Å². The number of anilines is 1. The standard InChI is InChI=1S/C18H19F3N4O3/c19-18(20,21)10-3-5-11(6-4-10)22-17(28)23-12-8-14-16(27)24-7-1-2-13(24)15(26)25(14)9-12/h3-6,12-14H,1-2,7-9H2,(H2,22,23,28)/t12-,13-,14-/m0/s1. The maximum Gasteiger partial charge on any atom is 0.416 e. The van der Waals surface area contributed by atoms with Crippen LogP contribution < -0.4 is 10.6 Å². The Kier molecular flexibility index (Phi) is 4.43. The number of piperazine rings is 1. The second-order valence-electron chi connectivity index (χ2n) is 7.30. The Hall–Kier alpha value is -2.78. The second kappa shape index (κ2) is 6.68. The zero-order valence-corrected chi connectivity index (χ0v) is 14.8. The summed E-state index contributed by atoms with van der Waals surface area (Å²) < 4.78 is 37.8. The van der Waals surface area contributed by atoms with E-state index in [1.165, 1.54) is 17.0 Å². The van der Waals surface area contributed by atoms with Gasteiger partial charge in [0.1, 0.15) is 12.1 Å². The van der Waals surface area contributed by atoms with E-state index in [9.17, 15) is 27.6 Å². The molecule has 3 heterocycles. The van der Waals surface area contributed by atoms with Gasteiger partial charge in [0.05, 0.1) is 11.6 Å². The van der Waals surface area contributed by atoms with E-state index in [0.717, 1.165) is 18.6 Å². The molecule has 0 bridgehead atoms. The fourth-order valence-electron chi connectivity index (χ4n) is 4.18. The second-order valence-corrected chi connectivity index (χ2v) is 7.30. The van der Waals surface area contributed by atoms with Crippen LogP contribution >= 0.6 is 0 Å². The molecule has 3 aliphatic heterocycles.